The molecular formula is C17H24N2O. The number of hydrogen-bond acceptors (Lipinski definition) is 3. The third kappa shape index (κ3) is 4.36. The Kier molecular flexibility index (Phi) is 4.72. The summed E-state index contributed by atoms with van der Waals surface area (Å²) in [4.78, 5) is 2.43. The third-order valence-electron chi connectivity index (χ3n) is 3.89. The average molecular weight is 272 g/mol. The molecule has 108 valence electrons. The molecule has 1 fully saturated rings. The Morgan fingerprint density at radius 2 is 2.20 bits per heavy atom. The van der Waals surface area contributed by atoms with Crippen LogP contribution >= 0.6 is 0 Å². The smallest absolute Gasteiger partial charge is 0.119 e. The van der Waals surface area contributed by atoms with E-state index in [1.807, 2.05) is 0 Å². The number of ether oxygens (including phenoxy) is 1. The molecule has 1 aliphatic heterocycles. The van der Waals surface area contributed by atoms with Crippen molar-refractivity contribution in [2.45, 2.75) is 31.8 Å². The molecule has 0 atom stereocenters. The van der Waals surface area contributed by atoms with E-state index in [1.54, 1.807) is 0 Å². The molecule has 0 saturated heterocycles. The van der Waals surface area contributed by atoms with Gasteiger partial charge in [-0.1, -0.05) is 24.3 Å². The first-order valence-electron chi connectivity index (χ1n) is 7.72. The van der Waals surface area contributed by atoms with E-state index in [1.165, 1.54) is 24.8 Å². The zero-order valence-electron chi connectivity index (χ0n) is 12.1. The first-order chi connectivity index (χ1) is 9.90. The molecule has 3 rings (SSSR count). The third-order valence-corrected chi connectivity index (χ3v) is 3.89. The zero-order valence-corrected chi connectivity index (χ0v) is 12.1. The number of nitrogens with zero attached hydrogens (tertiary/aromatic N) is 1. The van der Waals surface area contributed by atoms with Crippen molar-refractivity contribution in [1.29, 1.82) is 0 Å². The molecule has 1 N–H and O–H groups in total. The Hall–Kier alpha value is -1.32. The maximum atomic E-state index is 5.88. The minimum Gasteiger partial charge on any atom is -0.492 e. The molecule has 1 heterocycles. The van der Waals surface area contributed by atoms with Crippen molar-refractivity contribution in [3.8, 4) is 5.75 Å². The van der Waals surface area contributed by atoms with Gasteiger partial charge < -0.3 is 10.1 Å². The van der Waals surface area contributed by atoms with Gasteiger partial charge in [0.1, 0.15) is 12.4 Å². The van der Waals surface area contributed by atoms with Gasteiger partial charge in [0.25, 0.3) is 0 Å². The van der Waals surface area contributed by atoms with Crippen LogP contribution in [0.1, 0.15) is 24.8 Å². The maximum Gasteiger partial charge on any atom is 0.119 e. The lowest BCUT2D eigenvalue weighted by Crippen LogP contribution is -2.31. The van der Waals surface area contributed by atoms with Gasteiger partial charge in [-0.3, -0.25) is 4.90 Å². The van der Waals surface area contributed by atoms with Crippen LogP contribution in [-0.2, 0) is 6.54 Å². The summed E-state index contributed by atoms with van der Waals surface area (Å²) in [5, 5.41) is 3.54. The zero-order chi connectivity index (χ0) is 13.6. The van der Waals surface area contributed by atoms with Crippen LogP contribution < -0.4 is 10.1 Å². The predicted molar refractivity (Wildman–Crippen MR) is 82.0 cm³/mol. The summed E-state index contributed by atoms with van der Waals surface area (Å²) in [5.41, 5.74) is 1.32. The monoisotopic (exact) mass is 272 g/mol. The molecule has 0 radical (unpaired) electrons. The highest BCUT2D eigenvalue weighted by Crippen LogP contribution is 2.20. The summed E-state index contributed by atoms with van der Waals surface area (Å²) in [6, 6.07) is 9.22. The lowest BCUT2D eigenvalue weighted by Gasteiger charge is -2.22. The molecule has 1 saturated carbocycles. The molecule has 0 spiro atoms. The molecule has 20 heavy (non-hydrogen) atoms. The Bertz CT molecular complexity index is 454. The fourth-order valence-electron chi connectivity index (χ4n) is 2.48. The van der Waals surface area contributed by atoms with Crippen LogP contribution in [-0.4, -0.2) is 37.2 Å². The van der Waals surface area contributed by atoms with E-state index >= 15 is 0 Å². The largest absolute Gasteiger partial charge is 0.492 e. The van der Waals surface area contributed by atoms with Crippen LogP contribution in [0.2, 0.25) is 0 Å². The fourth-order valence-corrected chi connectivity index (χ4v) is 2.48. The van der Waals surface area contributed by atoms with Crippen LogP contribution in [0.15, 0.2) is 36.4 Å². The van der Waals surface area contributed by atoms with Crippen molar-refractivity contribution in [3.63, 3.8) is 0 Å². The van der Waals surface area contributed by atoms with E-state index in [0.29, 0.717) is 0 Å². The van der Waals surface area contributed by atoms with Gasteiger partial charge in [-0.05, 0) is 37.0 Å². The highest BCUT2D eigenvalue weighted by atomic mass is 16.5. The summed E-state index contributed by atoms with van der Waals surface area (Å²) in [6.45, 7) is 4.96. The van der Waals surface area contributed by atoms with Crippen molar-refractivity contribution in [1.82, 2.24) is 10.2 Å². The van der Waals surface area contributed by atoms with E-state index < -0.39 is 0 Å². The molecule has 0 amide bonds. The SMILES string of the molecule is C1=CCN(CCOc2cccc(CNC3CC3)c2)CC1. The van der Waals surface area contributed by atoms with E-state index in [4.69, 9.17) is 4.74 Å². The van der Waals surface area contributed by atoms with Gasteiger partial charge in [0, 0.05) is 32.2 Å². The van der Waals surface area contributed by atoms with Crippen molar-refractivity contribution in [2.75, 3.05) is 26.2 Å². The standard InChI is InChI=1S/C17H24N2O/c1-2-9-19(10-3-1)11-12-20-17-6-4-5-15(13-17)14-18-16-7-8-16/h1-2,4-6,13,16,18H,3,7-12,14H2. The molecule has 0 aromatic heterocycles. The van der Waals surface area contributed by atoms with Crippen LogP contribution in [0.5, 0.6) is 5.75 Å². The molecule has 1 aromatic carbocycles. The first kappa shape index (κ1) is 13.7. The van der Waals surface area contributed by atoms with Gasteiger partial charge in [0.05, 0.1) is 0 Å². The van der Waals surface area contributed by atoms with Gasteiger partial charge >= 0.3 is 0 Å². The summed E-state index contributed by atoms with van der Waals surface area (Å²) < 4.78 is 5.88. The normalized spacial score (nSPS) is 19.2. The predicted octanol–water partition coefficient (Wildman–Crippen LogP) is 2.58. The minimum absolute atomic E-state index is 0.756. The summed E-state index contributed by atoms with van der Waals surface area (Å²) in [5.74, 6) is 0.993. The Balaban J connectivity index is 1.41. The topological polar surface area (TPSA) is 24.5 Å². The molecule has 3 heteroatoms. The molecule has 1 aromatic rings. The van der Waals surface area contributed by atoms with E-state index in [2.05, 4.69) is 46.6 Å². The van der Waals surface area contributed by atoms with Crippen LogP contribution in [0.3, 0.4) is 0 Å². The Morgan fingerprint density at radius 3 is 3.00 bits per heavy atom. The van der Waals surface area contributed by atoms with E-state index in [0.717, 1.165) is 44.6 Å². The van der Waals surface area contributed by atoms with E-state index in [9.17, 15) is 0 Å². The Morgan fingerprint density at radius 1 is 1.25 bits per heavy atom. The van der Waals surface area contributed by atoms with E-state index in [-0.39, 0.29) is 0 Å². The quantitative estimate of drug-likeness (QED) is 0.772. The van der Waals surface area contributed by atoms with Gasteiger partial charge in [0.2, 0.25) is 0 Å². The first-order valence-corrected chi connectivity index (χ1v) is 7.72. The molecule has 0 bridgehead atoms. The highest BCUT2D eigenvalue weighted by molar-refractivity contribution is 5.28. The number of nitrogens with one attached hydrogen (secondary N) is 1. The lowest BCUT2D eigenvalue weighted by molar-refractivity contribution is 0.221. The van der Waals surface area contributed by atoms with Gasteiger partial charge in [-0.15, -0.1) is 0 Å². The average Bonchev–Trinajstić information content (AvgIpc) is 3.31. The minimum atomic E-state index is 0.756. The number of benzene rings is 1. The molecular weight excluding hydrogens is 248 g/mol. The van der Waals surface area contributed by atoms with Crippen molar-refractivity contribution < 1.29 is 4.74 Å². The fraction of sp³-hybridized carbons (Fsp3) is 0.529. The molecule has 3 nitrogen and oxygen atoms in total. The molecule has 2 aliphatic rings. The van der Waals surface area contributed by atoms with Gasteiger partial charge in [0.15, 0.2) is 0 Å². The van der Waals surface area contributed by atoms with Gasteiger partial charge in [-0.2, -0.15) is 0 Å². The van der Waals surface area contributed by atoms with Crippen LogP contribution in [0.25, 0.3) is 0 Å². The summed E-state index contributed by atoms with van der Waals surface area (Å²) in [7, 11) is 0. The molecule has 1 aliphatic carbocycles. The second-order valence-electron chi connectivity index (χ2n) is 5.71. The summed E-state index contributed by atoms with van der Waals surface area (Å²) >= 11 is 0. The lowest BCUT2D eigenvalue weighted by atomic mass is 10.2. The van der Waals surface area contributed by atoms with Crippen molar-refractivity contribution in [2.24, 2.45) is 0 Å². The van der Waals surface area contributed by atoms with Crippen molar-refractivity contribution >= 4 is 0 Å². The second-order valence-corrected chi connectivity index (χ2v) is 5.71. The second kappa shape index (κ2) is 6.91. The van der Waals surface area contributed by atoms with Crippen molar-refractivity contribution in [3.05, 3.63) is 42.0 Å². The highest BCUT2D eigenvalue weighted by Gasteiger charge is 2.19. The maximum absolute atomic E-state index is 5.88. The van der Waals surface area contributed by atoms with Gasteiger partial charge in [-0.25, -0.2) is 0 Å². The number of hydrogen-bond donors (Lipinski definition) is 1. The Labute approximate surface area is 121 Å². The summed E-state index contributed by atoms with van der Waals surface area (Å²) in [6.07, 6.45) is 8.34. The number of rotatable bonds is 7. The van der Waals surface area contributed by atoms with Crippen LogP contribution in [0, 0.1) is 0 Å². The van der Waals surface area contributed by atoms with Crippen LogP contribution in [0.4, 0.5) is 0 Å². The molecule has 0 unspecified atom stereocenters.